The van der Waals surface area contributed by atoms with E-state index in [1.54, 1.807) is 13.2 Å². The number of benzene rings is 2. The number of para-hydroxylation sites is 1. The standard InChI is InChI=1S/C19H23FN2O/c1-15-13-16(7-8-19(15)23-2)14-21-9-11-22(12-10-21)18-6-4-3-5-17(18)20/h3-8,13H,9-12,14H2,1-2H3. The minimum Gasteiger partial charge on any atom is -0.496 e. The number of methoxy groups -OCH3 is 1. The van der Waals surface area contributed by atoms with Crippen molar-refractivity contribution >= 4 is 5.69 Å². The summed E-state index contributed by atoms with van der Waals surface area (Å²) in [6.07, 6.45) is 0. The maximum absolute atomic E-state index is 13.9. The molecule has 1 aliphatic heterocycles. The van der Waals surface area contributed by atoms with E-state index in [1.165, 1.54) is 11.6 Å². The number of rotatable bonds is 4. The maximum atomic E-state index is 13.9. The zero-order valence-electron chi connectivity index (χ0n) is 13.8. The monoisotopic (exact) mass is 314 g/mol. The molecule has 2 aromatic carbocycles. The summed E-state index contributed by atoms with van der Waals surface area (Å²) in [5, 5.41) is 0. The van der Waals surface area contributed by atoms with Gasteiger partial charge in [-0.15, -0.1) is 0 Å². The van der Waals surface area contributed by atoms with Crippen molar-refractivity contribution in [1.82, 2.24) is 4.90 Å². The molecule has 0 bridgehead atoms. The molecular formula is C19H23FN2O. The Hall–Kier alpha value is -2.07. The number of hydrogen-bond acceptors (Lipinski definition) is 3. The molecule has 1 saturated heterocycles. The van der Waals surface area contributed by atoms with Gasteiger partial charge < -0.3 is 9.64 Å². The van der Waals surface area contributed by atoms with Crippen LogP contribution in [0.25, 0.3) is 0 Å². The average Bonchev–Trinajstić information content (AvgIpc) is 2.56. The van der Waals surface area contributed by atoms with E-state index >= 15 is 0 Å². The van der Waals surface area contributed by atoms with E-state index in [0.717, 1.165) is 44.0 Å². The van der Waals surface area contributed by atoms with Crippen LogP contribution >= 0.6 is 0 Å². The van der Waals surface area contributed by atoms with Gasteiger partial charge in [0.1, 0.15) is 11.6 Å². The first-order chi connectivity index (χ1) is 11.2. The molecule has 0 aliphatic carbocycles. The fraction of sp³-hybridized carbons (Fsp3) is 0.368. The van der Waals surface area contributed by atoms with Crippen molar-refractivity contribution in [3.63, 3.8) is 0 Å². The third-order valence-corrected chi connectivity index (χ3v) is 4.43. The van der Waals surface area contributed by atoms with Crippen LogP contribution in [0.3, 0.4) is 0 Å². The molecule has 0 N–H and O–H groups in total. The summed E-state index contributed by atoms with van der Waals surface area (Å²) in [6.45, 7) is 6.60. The minimum atomic E-state index is -0.133. The van der Waals surface area contributed by atoms with E-state index in [4.69, 9.17) is 4.74 Å². The van der Waals surface area contributed by atoms with Crippen LogP contribution in [-0.2, 0) is 6.54 Å². The first kappa shape index (κ1) is 15.8. The molecule has 3 rings (SSSR count). The Morgan fingerprint density at radius 3 is 2.43 bits per heavy atom. The van der Waals surface area contributed by atoms with Crippen LogP contribution < -0.4 is 9.64 Å². The normalized spacial score (nSPS) is 15.7. The molecule has 0 atom stereocenters. The lowest BCUT2D eigenvalue weighted by atomic mass is 10.1. The van der Waals surface area contributed by atoms with E-state index in [-0.39, 0.29) is 5.82 Å². The van der Waals surface area contributed by atoms with E-state index in [0.29, 0.717) is 5.69 Å². The number of piperazine rings is 1. The maximum Gasteiger partial charge on any atom is 0.146 e. The Morgan fingerprint density at radius 1 is 1.04 bits per heavy atom. The highest BCUT2D eigenvalue weighted by Crippen LogP contribution is 2.22. The number of halogens is 1. The Morgan fingerprint density at radius 2 is 1.78 bits per heavy atom. The molecule has 0 amide bonds. The summed E-state index contributed by atoms with van der Waals surface area (Å²) >= 11 is 0. The van der Waals surface area contributed by atoms with Gasteiger partial charge in [0.25, 0.3) is 0 Å². The molecule has 122 valence electrons. The second-order valence-corrected chi connectivity index (χ2v) is 6.02. The molecule has 2 aromatic rings. The van der Waals surface area contributed by atoms with Crippen LogP contribution in [0.1, 0.15) is 11.1 Å². The summed E-state index contributed by atoms with van der Waals surface area (Å²) in [5.41, 5.74) is 3.17. The van der Waals surface area contributed by atoms with Crippen molar-refractivity contribution in [1.29, 1.82) is 0 Å². The zero-order chi connectivity index (χ0) is 16.2. The van der Waals surface area contributed by atoms with Crippen LogP contribution in [-0.4, -0.2) is 38.2 Å². The van der Waals surface area contributed by atoms with Crippen molar-refractivity contribution in [2.24, 2.45) is 0 Å². The number of anilines is 1. The second kappa shape index (κ2) is 7.01. The highest BCUT2D eigenvalue weighted by atomic mass is 19.1. The van der Waals surface area contributed by atoms with Gasteiger partial charge in [0.2, 0.25) is 0 Å². The Kier molecular flexibility index (Phi) is 4.82. The molecule has 0 saturated carbocycles. The number of nitrogens with zero attached hydrogens (tertiary/aromatic N) is 2. The predicted octanol–water partition coefficient (Wildman–Crippen LogP) is 3.46. The molecule has 0 spiro atoms. The summed E-state index contributed by atoms with van der Waals surface area (Å²) in [6, 6.07) is 13.4. The van der Waals surface area contributed by atoms with E-state index in [1.807, 2.05) is 18.2 Å². The molecule has 23 heavy (non-hydrogen) atoms. The number of hydrogen-bond donors (Lipinski definition) is 0. The highest BCUT2D eigenvalue weighted by Gasteiger charge is 2.19. The van der Waals surface area contributed by atoms with E-state index < -0.39 is 0 Å². The van der Waals surface area contributed by atoms with Gasteiger partial charge in [-0.1, -0.05) is 24.3 Å². The van der Waals surface area contributed by atoms with Crippen molar-refractivity contribution in [2.45, 2.75) is 13.5 Å². The largest absolute Gasteiger partial charge is 0.496 e. The summed E-state index contributed by atoms with van der Waals surface area (Å²) in [7, 11) is 1.70. The smallest absolute Gasteiger partial charge is 0.146 e. The molecule has 0 aromatic heterocycles. The van der Waals surface area contributed by atoms with Gasteiger partial charge in [0.15, 0.2) is 0 Å². The third kappa shape index (κ3) is 3.64. The molecule has 1 aliphatic rings. The van der Waals surface area contributed by atoms with Crippen LogP contribution in [0, 0.1) is 12.7 Å². The van der Waals surface area contributed by atoms with Crippen molar-refractivity contribution in [3.05, 3.63) is 59.4 Å². The molecule has 0 unspecified atom stereocenters. The quantitative estimate of drug-likeness (QED) is 0.859. The van der Waals surface area contributed by atoms with Gasteiger partial charge in [-0.25, -0.2) is 4.39 Å². The van der Waals surface area contributed by atoms with Crippen molar-refractivity contribution in [3.8, 4) is 5.75 Å². The molecule has 1 heterocycles. The summed E-state index contributed by atoms with van der Waals surface area (Å²) < 4.78 is 19.2. The van der Waals surface area contributed by atoms with Gasteiger partial charge in [-0.2, -0.15) is 0 Å². The van der Waals surface area contributed by atoms with Gasteiger partial charge in [0.05, 0.1) is 12.8 Å². The second-order valence-electron chi connectivity index (χ2n) is 6.02. The minimum absolute atomic E-state index is 0.133. The Labute approximate surface area is 137 Å². The van der Waals surface area contributed by atoms with Crippen LogP contribution in [0.2, 0.25) is 0 Å². The van der Waals surface area contributed by atoms with Crippen LogP contribution in [0.15, 0.2) is 42.5 Å². The lowest BCUT2D eigenvalue weighted by Gasteiger charge is -2.36. The molecule has 1 fully saturated rings. The topological polar surface area (TPSA) is 15.7 Å². The molecule has 0 radical (unpaired) electrons. The lowest BCUT2D eigenvalue weighted by molar-refractivity contribution is 0.249. The Balaban J connectivity index is 1.59. The van der Waals surface area contributed by atoms with Gasteiger partial charge in [0, 0.05) is 32.7 Å². The van der Waals surface area contributed by atoms with Crippen LogP contribution in [0.4, 0.5) is 10.1 Å². The molecule has 3 nitrogen and oxygen atoms in total. The zero-order valence-corrected chi connectivity index (χ0v) is 13.8. The first-order valence-corrected chi connectivity index (χ1v) is 8.03. The number of ether oxygens (including phenoxy) is 1. The molecule has 4 heteroatoms. The average molecular weight is 314 g/mol. The third-order valence-electron chi connectivity index (χ3n) is 4.43. The lowest BCUT2D eigenvalue weighted by Crippen LogP contribution is -2.46. The Bertz CT molecular complexity index is 666. The van der Waals surface area contributed by atoms with Crippen molar-refractivity contribution in [2.75, 3.05) is 38.2 Å². The summed E-state index contributed by atoms with van der Waals surface area (Å²) in [4.78, 5) is 4.55. The van der Waals surface area contributed by atoms with Gasteiger partial charge in [-0.3, -0.25) is 4.90 Å². The van der Waals surface area contributed by atoms with E-state index in [2.05, 4.69) is 28.9 Å². The van der Waals surface area contributed by atoms with Crippen molar-refractivity contribution < 1.29 is 9.13 Å². The van der Waals surface area contributed by atoms with Crippen LogP contribution in [0.5, 0.6) is 5.75 Å². The van der Waals surface area contributed by atoms with Gasteiger partial charge >= 0.3 is 0 Å². The first-order valence-electron chi connectivity index (χ1n) is 8.03. The number of aryl methyl sites for hydroxylation is 1. The highest BCUT2D eigenvalue weighted by molar-refractivity contribution is 5.48. The SMILES string of the molecule is COc1ccc(CN2CCN(c3ccccc3F)CC2)cc1C. The fourth-order valence-corrected chi connectivity index (χ4v) is 3.15. The predicted molar refractivity (Wildman–Crippen MR) is 91.6 cm³/mol. The summed E-state index contributed by atoms with van der Waals surface area (Å²) in [5.74, 6) is 0.796. The van der Waals surface area contributed by atoms with Gasteiger partial charge in [-0.05, 0) is 36.2 Å². The molecular weight excluding hydrogens is 291 g/mol. The fourth-order valence-electron chi connectivity index (χ4n) is 3.15. The van der Waals surface area contributed by atoms with E-state index in [9.17, 15) is 4.39 Å².